The Morgan fingerprint density at radius 3 is 2.85 bits per heavy atom. The lowest BCUT2D eigenvalue weighted by Crippen LogP contribution is -2.32. The minimum atomic E-state index is -0.984. The highest BCUT2D eigenvalue weighted by atomic mass is 32.1. The Balaban J connectivity index is 1.98. The second kappa shape index (κ2) is 6.22. The van der Waals surface area contributed by atoms with Gasteiger partial charge in [0.25, 0.3) is 5.91 Å². The van der Waals surface area contributed by atoms with Crippen molar-refractivity contribution in [1.82, 2.24) is 5.32 Å². The molecule has 1 aliphatic rings. The van der Waals surface area contributed by atoms with Crippen LogP contribution in [0.15, 0.2) is 12.1 Å². The van der Waals surface area contributed by atoms with E-state index in [1.165, 1.54) is 30.3 Å². The maximum Gasteiger partial charge on any atom is 0.328 e. The van der Waals surface area contributed by atoms with E-state index >= 15 is 0 Å². The van der Waals surface area contributed by atoms with E-state index in [9.17, 15) is 9.59 Å². The molecule has 0 saturated heterocycles. The predicted molar refractivity (Wildman–Crippen MR) is 80.0 cm³/mol. The van der Waals surface area contributed by atoms with Gasteiger partial charge in [-0.3, -0.25) is 4.79 Å². The molecule has 2 rings (SSSR count). The molecule has 4 nitrogen and oxygen atoms in total. The summed E-state index contributed by atoms with van der Waals surface area (Å²) in [6.45, 7) is 3.91. The maximum atomic E-state index is 12.1. The third-order valence-electron chi connectivity index (χ3n) is 3.32. The Hall–Kier alpha value is -1.62. The van der Waals surface area contributed by atoms with Crippen LogP contribution in [-0.4, -0.2) is 23.0 Å². The Morgan fingerprint density at radius 2 is 2.25 bits per heavy atom. The summed E-state index contributed by atoms with van der Waals surface area (Å²) in [6, 6.07) is 2.00. The molecule has 1 unspecified atom stereocenters. The third-order valence-corrected chi connectivity index (χ3v) is 4.52. The number of aliphatic carboxylic acids is 1. The van der Waals surface area contributed by atoms with Gasteiger partial charge in [0.15, 0.2) is 0 Å². The summed E-state index contributed by atoms with van der Waals surface area (Å²) >= 11 is 1.32. The zero-order chi connectivity index (χ0) is 14.7. The quantitative estimate of drug-likeness (QED) is 0.792. The van der Waals surface area contributed by atoms with Crippen LogP contribution in [0.2, 0.25) is 0 Å². The number of rotatable bonds is 6. The molecule has 0 aliphatic heterocycles. The summed E-state index contributed by atoms with van der Waals surface area (Å²) in [5.74, 6) is -0.271. The number of thiophene rings is 1. The molecule has 0 aromatic carbocycles. The highest BCUT2D eigenvalue weighted by molar-refractivity contribution is 7.15. The van der Waals surface area contributed by atoms with Gasteiger partial charge in [-0.15, -0.1) is 11.3 Å². The first-order valence-electron chi connectivity index (χ1n) is 6.78. The fraction of sp³-hybridized carbons (Fsp3) is 0.467. The molecule has 1 fully saturated rings. The molecule has 20 heavy (non-hydrogen) atoms. The third kappa shape index (κ3) is 4.20. The first-order chi connectivity index (χ1) is 9.45. The number of hydrogen-bond donors (Lipinski definition) is 2. The molecule has 1 saturated carbocycles. The number of carboxylic acids is 1. The molecule has 5 heteroatoms. The van der Waals surface area contributed by atoms with Gasteiger partial charge < -0.3 is 10.4 Å². The number of aryl methyl sites for hydroxylation is 1. The van der Waals surface area contributed by atoms with Crippen molar-refractivity contribution in [3.8, 4) is 0 Å². The monoisotopic (exact) mass is 293 g/mol. The molecule has 1 aliphatic carbocycles. The number of amides is 1. The summed E-state index contributed by atoms with van der Waals surface area (Å²) in [7, 11) is 0. The second-order valence-corrected chi connectivity index (χ2v) is 6.47. The van der Waals surface area contributed by atoms with Crippen LogP contribution >= 0.6 is 11.3 Å². The summed E-state index contributed by atoms with van der Waals surface area (Å²) in [4.78, 5) is 24.1. The lowest BCUT2D eigenvalue weighted by Gasteiger charge is -2.12. The lowest BCUT2D eigenvalue weighted by atomic mass is 10.1. The minimum absolute atomic E-state index is 0.0683. The summed E-state index contributed by atoms with van der Waals surface area (Å²) < 4.78 is 0. The van der Waals surface area contributed by atoms with Gasteiger partial charge >= 0.3 is 5.97 Å². The lowest BCUT2D eigenvalue weighted by molar-refractivity contribution is -0.131. The van der Waals surface area contributed by atoms with Crippen molar-refractivity contribution in [2.75, 3.05) is 0 Å². The Morgan fingerprint density at radius 1 is 1.55 bits per heavy atom. The molecule has 0 bridgehead atoms. The van der Waals surface area contributed by atoms with Crippen molar-refractivity contribution in [3.63, 3.8) is 0 Å². The van der Waals surface area contributed by atoms with Gasteiger partial charge in [0.1, 0.15) is 0 Å². The van der Waals surface area contributed by atoms with E-state index in [-0.39, 0.29) is 11.9 Å². The molecule has 0 spiro atoms. The van der Waals surface area contributed by atoms with E-state index in [0.29, 0.717) is 4.88 Å². The summed E-state index contributed by atoms with van der Waals surface area (Å²) in [5, 5.41) is 11.6. The van der Waals surface area contributed by atoms with Crippen LogP contribution in [0.1, 0.15) is 46.3 Å². The molecule has 2 N–H and O–H groups in total. The normalized spacial score (nSPS) is 16.3. The highest BCUT2D eigenvalue weighted by Gasteiger charge is 2.24. The Kier molecular flexibility index (Phi) is 4.60. The molecule has 1 heterocycles. The molecule has 1 amide bonds. The fourth-order valence-electron chi connectivity index (χ4n) is 2.13. The van der Waals surface area contributed by atoms with Gasteiger partial charge in [-0.05, 0) is 43.9 Å². The van der Waals surface area contributed by atoms with Crippen LogP contribution in [-0.2, 0) is 4.79 Å². The number of carboxylic acid groups (broad SMARTS) is 1. The standard InChI is InChI=1S/C15H19NO3S/c1-9-7-13(20-12(9)5-6-14(17)18)15(19)16-10(2)8-11-3-4-11/h5-7,10-11H,3-4,8H2,1-2H3,(H,16,19)(H,17,18)/b6-5+. The first kappa shape index (κ1) is 14.8. The molecule has 1 atom stereocenters. The van der Waals surface area contributed by atoms with Gasteiger partial charge in [-0.2, -0.15) is 0 Å². The van der Waals surface area contributed by atoms with E-state index in [1.54, 1.807) is 0 Å². The zero-order valence-corrected chi connectivity index (χ0v) is 12.5. The van der Waals surface area contributed by atoms with E-state index in [0.717, 1.165) is 28.9 Å². The van der Waals surface area contributed by atoms with Crippen molar-refractivity contribution < 1.29 is 14.7 Å². The number of nitrogens with one attached hydrogen (secondary N) is 1. The smallest absolute Gasteiger partial charge is 0.328 e. The molecule has 0 radical (unpaired) electrons. The predicted octanol–water partition coefficient (Wildman–Crippen LogP) is 3.07. The van der Waals surface area contributed by atoms with E-state index in [1.807, 2.05) is 19.9 Å². The molecule has 108 valence electrons. The van der Waals surface area contributed by atoms with Crippen molar-refractivity contribution in [3.05, 3.63) is 27.5 Å². The number of carbonyl (C=O) groups is 2. The van der Waals surface area contributed by atoms with Gasteiger partial charge in [0, 0.05) is 17.0 Å². The molecule has 1 aromatic heterocycles. The molecule has 1 aromatic rings. The topological polar surface area (TPSA) is 66.4 Å². The van der Waals surface area contributed by atoms with E-state index in [4.69, 9.17) is 5.11 Å². The van der Waals surface area contributed by atoms with Crippen molar-refractivity contribution in [2.24, 2.45) is 5.92 Å². The molecular formula is C15H19NO3S. The van der Waals surface area contributed by atoms with Crippen LogP contribution in [0.4, 0.5) is 0 Å². The minimum Gasteiger partial charge on any atom is -0.478 e. The van der Waals surface area contributed by atoms with Crippen molar-refractivity contribution in [1.29, 1.82) is 0 Å². The highest BCUT2D eigenvalue weighted by Crippen LogP contribution is 2.33. The van der Waals surface area contributed by atoms with Crippen LogP contribution in [0, 0.1) is 12.8 Å². The second-order valence-electron chi connectivity index (χ2n) is 5.38. The first-order valence-corrected chi connectivity index (χ1v) is 7.59. The number of hydrogen-bond acceptors (Lipinski definition) is 3. The fourth-order valence-corrected chi connectivity index (χ4v) is 3.11. The van der Waals surface area contributed by atoms with Gasteiger partial charge in [-0.25, -0.2) is 4.79 Å². The Bertz CT molecular complexity index is 543. The van der Waals surface area contributed by atoms with E-state index in [2.05, 4.69) is 5.32 Å². The van der Waals surface area contributed by atoms with Crippen molar-refractivity contribution in [2.45, 2.75) is 39.2 Å². The number of carbonyl (C=O) groups excluding carboxylic acids is 1. The van der Waals surface area contributed by atoms with Gasteiger partial charge in [0.2, 0.25) is 0 Å². The van der Waals surface area contributed by atoms with Crippen LogP contribution in [0.3, 0.4) is 0 Å². The van der Waals surface area contributed by atoms with E-state index < -0.39 is 5.97 Å². The van der Waals surface area contributed by atoms with Gasteiger partial charge in [-0.1, -0.05) is 12.8 Å². The largest absolute Gasteiger partial charge is 0.478 e. The summed E-state index contributed by atoms with van der Waals surface area (Å²) in [5.41, 5.74) is 0.924. The summed E-state index contributed by atoms with van der Waals surface area (Å²) in [6.07, 6.45) is 6.23. The van der Waals surface area contributed by atoms with Gasteiger partial charge in [0.05, 0.1) is 4.88 Å². The average Bonchev–Trinajstić information content (AvgIpc) is 3.08. The molecular weight excluding hydrogens is 274 g/mol. The van der Waals surface area contributed by atoms with Crippen LogP contribution in [0.25, 0.3) is 6.08 Å². The maximum absolute atomic E-state index is 12.1. The SMILES string of the molecule is Cc1cc(C(=O)NC(C)CC2CC2)sc1/C=C/C(=O)O. The zero-order valence-electron chi connectivity index (χ0n) is 11.7. The Labute approximate surface area is 122 Å². The average molecular weight is 293 g/mol. The van der Waals surface area contributed by atoms with Crippen LogP contribution in [0.5, 0.6) is 0 Å². The van der Waals surface area contributed by atoms with Crippen LogP contribution < -0.4 is 5.32 Å². The van der Waals surface area contributed by atoms with Crippen molar-refractivity contribution >= 4 is 29.3 Å².